The van der Waals surface area contributed by atoms with Crippen molar-refractivity contribution in [2.75, 3.05) is 20.8 Å². The molecule has 5 heteroatoms. The number of aryl methyl sites for hydroxylation is 1. The molecule has 0 aliphatic rings. The normalized spacial score (nSPS) is 8.84. The number of aldehydes is 1. The van der Waals surface area contributed by atoms with E-state index in [0.29, 0.717) is 12.9 Å². The van der Waals surface area contributed by atoms with Gasteiger partial charge in [0.05, 0.1) is 20.8 Å². The van der Waals surface area contributed by atoms with Gasteiger partial charge in [-0.2, -0.15) is 0 Å². The lowest BCUT2D eigenvalue weighted by atomic mass is 10.2. The zero-order valence-corrected chi connectivity index (χ0v) is 11.8. The maximum atomic E-state index is 10.2. The van der Waals surface area contributed by atoms with Crippen LogP contribution in [0.4, 0.5) is 0 Å². The van der Waals surface area contributed by atoms with E-state index in [4.69, 9.17) is 9.47 Å². The fourth-order valence-electron chi connectivity index (χ4n) is 1.22. The highest BCUT2D eigenvalue weighted by atomic mass is 16.5. The van der Waals surface area contributed by atoms with Crippen molar-refractivity contribution in [2.24, 2.45) is 0 Å². The Morgan fingerprint density at radius 1 is 1.26 bits per heavy atom. The summed E-state index contributed by atoms with van der Waals surface area (Å²) >= 11 is 0. The van der Waals surface area contributed by atoms with Gasteiger partial charge in [-0.15, -0.1) is 0 Å². The molecule has 1 aromatic carbocycles. The van der Waals surface area contributed by atoms with Crippen LogP contribution in [-0.4, -0.2) is 33.1 Å². The lowest BCUT2D eigenvalue weighted by Gasteiger charge is -2.05. The fourth-order valence-corrected chi connectivity index (χ4v) is 1.22. The number of benzene rings is 1. The maximum absolute atomic E-state index is 10.2. The van der Waals surface area contributed by atoms with Crippen molar-refractivity contribution in [1.29, 1.82) is 0 Å². The van der Waals surface area contributed by atoms with Gasteiger partial charge in [-0.1, -0.05) is 6.07 Å². The first-order valence-corrected chi connectivity index (χ1v) is 5.86. The minimum atomic E-state index is -0.456. The van der Waals surface area contributed by atoms with E-state index in [1.807, 2.05) is 25.1 Å². The van der Waals surface area contributed by atoms with Crippen LogP contribution in [0.1, 0.15) is 18.9 Å². The van der Waals surface area contributed by atoms with Gasteiger partial charge in [-0.25, -0.2) is 0 Å². The van der Waals surface area contributed by atoms with Crippen molar-refractivity contribution >= 4 is 12.3 Å². The van der Waals surface area contributed by atoms with E-state index in [2.05, 4.69) is 4.74 Å². The van der Waals surface area contributed by atoms with E-state index in [-0.39, 0.29) is 6.42 Å². The molecule has 106 valence electrons. The molecule has 0 aliphatic carbocycles. The van der Waals surface area contributed by atoms with Gasteiger partial charge in [0.1, 0.15) is 24.2 Å². The summed E-state index contributed by atoms with van der Waals surface area (Å²) in [5.41, 5.74) is 1.12. The van der Waals surface area contributed by atoms with Crippen LogP contribution in [0.2, 0.25) is 0 Å². The Morgan fingerprint density at radius 3 is 2.42 bits per heavy atom. The molecule has 0 bridgehead atoms. The molecule has 0 amide bonds. The summed E-state index contributed by atoms with van der Waals surface area (Å²) in [5.74, 6) is 1.24. The number of hydrogen-bond acceptors (Lipinski definition) is 5. The minimum absolute atomic E-state index is 0.131. The van der Waals surface area contributed by atoms with Gasteiger partial charge in [0.25, 0.3) is 0 Å². The number of esters is 1. The average molecular weight is 268 g/mol. The summed E-state index contributed by atoms with van der Waals surface area (Å²) in [6.45, 7) is 4.04. The Kier molecular flexibility index (Phi) is 8.87. The van der Waals surface area contributed by atoms with E-state index >= 15 is 0 Å². The van der Waals surface area contributed by atoms with Gasteiger partial charge >= 0.3 is 5.97 Å². The molecule has 1 rings (SSSR count). The summed E-state index contributed by atoms with van der Waals surface area (Å²) in [4.78, 5) is 19.8. The molecule has 0 spiro atoms. The number of rotatable bonds is 5. The summed E-state index contributed by atoms with van der Waals surface area (Å²) in [6, 6.07) is 5.75. The molecule has 0 unspecified atom stereocenters. The quantitative estimate of drug-likeness (QED) is 0.465. The van der Waals surface area contributed by atoms with Crippen LogP contribution in [0.5, 0.6) is 11.5 Å². The van der Waals surface area contributed by atoms with Crippen LogP contribution >= 0.6 is 0 Å². The molecule has 0 radical (unpaired) electrons. The number of ether oxygens (including phenoxy) is 3. The molecular weight excluding hydrogens is 248 g/mol. The van der Waals surface area contributed by atoms with Crippen molar-refractivity contribution in [1.82, 2.24) is 0 Å². The SMILES string of the molecule is CCOC(=O)CC=O.COc1ccc(C)c(OC)c1. The predicted octanol–water partition coefficient (Wildman–Crippen LogP) is 2.15. The first-order chi connectivity index (χ1) is 9.08. The van der Waals surface area contributed by atoms with E-state index < -0.39 is 5.97 Å². The third-order valence-corrected chi connectivity index (χ3v) is 2.17. The van der Waals surface area contributed by atoms with Crippen molar-refractivity contribution in [3.63, 3.8) is 0 Å². The summed E-state index contributed by atoms with van der Waals surface area (Å²) in [5, 5.41) is 0. The van der Waals surface area contributed by atoms with Crippen molar-refractivity contribution in [3.05, 3.63) is 23.8 Å². The van der Waals surface area contributed by atoms with Crippen LogP contribution < -0.4 is 9.47 Å². The highest BCUT2D eigenvalue weighted by Gasteiger charge is 1.98. The number of carbonyl (C=O) groups excluding carboxylic acids is 2. The largest absolute Gasteiger partial charge is 0.497 e. The molecule has 0 saturated carbocycles. The third kappa shape index (κ3) is 7.08. The topological polar surface area (TPSA) is 61.8 Å². The Hall–Kier alpha value is -2.04. The molecule has 0 aliphatic heterocycles. The summed E-state index contributed by atoms with van der Waals surface area (Å²) < 4.78 is 14.6. The minimum Gasteiger partial charge on any atom is -0.497 e. The molecule has 0 atom stereocenters. The number of carbonyl (C=O) groups is 2. The number of hydrogen-bond donors (Lipinski definition) is 0. The summed E-state index contributed by atoms with van der Waals surface area (Å²) in [7, 11) is 3.30. The van der Waals surface area contributed by atoms with Gasteiger partial charge in [0, 0.05) is 6.07 Å². The highest BCUT2D eigenvalue weighted by Crippen LogP contribution is 2.22. The van der Waals surface area contributed by atoms with Gasteiger partial charge in [0.15, 0.2) is 0 Å². The Morgan fingerprint density at radius 2 is 1.95 bits per heavy atom. The second kappa shape index (κ2) is 9.94. The van der Waals surface area contributed by atoms with Crippen LogP contribution in [0, 0.1) is 6.92 Å². The molecule has 0 heterocycles. The van der Waals surface area contributed by atoms with Gasteiger partial charge < -0.3 is 19.0 Å². The molecular formula is C14H20O5. The van der Waals surface area contributed by atoms with E-state index in [0.717, 1.165) is 17.1 Å². The zero-order valence-electron chi connectivity index (χ0n) is 11.8. The maximum Gasteiger partial charge on any atom is 0.312 e. The molecule has 0 fully saturated rings. The molecule has 19 heavy (non-hydrogen) atoms. The third-order valence-electron chi connectivity index (χ3n) is 2.17. The standard InChI is InChI=1S/C9H12O2.C5H8O3/c1-7-4-5-8(10-2)6-9(7)11-3;1-2-8-5(7)3-4-6/h4-6H,1-3H3;4H,2-3H2,1H3. The van der Waals surface area contributed by atoms with E-state index in [1.54, 1.807) is 21.1 Å². The highest BCUT2D eigenvalue weighted by molar-refractivity contribution is 5.83. The Bertz CT molecular complexity index is 401. The lowest BCUT2D eigenvalue weighted by Crippen LogP contribution is -2.03. The fraction of sp³-hybridized carbons (Fsp3) is 0.429. The second-order valence-electron chi connectivity index (χ2n) is 3.51. The molecule has 5 nitrogen and oxygen atoms in total. The van der Waals surface area contributed by atoms with Crippen molar-refractivity contribution in [2.45, 2.75) is 20.3 Å². The zero-order chi connectivity index (χ0) is 14.7. The van der Waals surface area contributed by atoms with E-state index in [9.17, 15) is 9.59 Å². The van der Waals surface area contributed by atoms with Crippen LogP contribution in [0.15, 0.2) is 18.2 Å². The first kappa shape index (κ1) is 17.0. The van der Waals surface area contributed by atoms with Gasteiger partial charge in [-0.3, -0.25) is 4.79 Å². The molecule has 0 saturated heterocycles. The first-order valence-electron chi connectivity index (χ1n) is 5.86. The predicted molar refractivity (Wildman–Crippen MR) is 71.6 cm³/mol. The lowest BCUT2D eigenvalue weighted by molar-refractivity contribution is -0.143. The van der Waals surface area contributed by atoms with Crippen molar-refractivity contribution < 1.29 is 23.8 Å². The van der Waals surface area contributed by atoms with Crippen molar-refractivity contribution in [3.8, 4) is 11.5 Å². The molecule has 1 aromatic rings. The monoisotopic (exact) mass is 268 g/mol. The van der Waals surface area contributed by atoms with Crippen LogP contribution in [-0.2, 0) is 14.3 Å². The average Bonchev–Trinajstić information content (AvgIpc) is 2.41. The molecule has 0 N–H and O–H groups in total. The Balaban J connectivity index is 0.000000362. The Labute approximate surface area is 113 Å². The second-order valence-corrected chi connectivity index (χ2v) is 3.51. The van der Waals surface area contributed by atoms with Gasteiger partial charge in [0.2, 0.25) is 0 Å². The summed E-state index contributed by atoms with van der Waals surface area (Å²) in [6.07, 6.45) is 0.395. The van der Waals surface area contributed by atoms with Crippen LogP contribution in [0.25, 0.3) is 0 Å². The molecule has 0 aromatic heterocycles. The van der Waals surface area contributed by atoms with Gasteiger partial charge in [-0.05, 0) is 25.5 Å². The van der Waals surface area contributed by atoms with Crippen LogP contribution in [0.3, 0.4) is 0 Å². The number of methoxy groups -OCH3 is 2. The smallest absolute Gasteiger partial charge is 0.312 e. The van der Waals surface area contributed by atoms with E-state index in [1.165, 1.54) is 0 Å².